The van der Waals surface area contributed by atoms with Gasteiger partial charge < -0.3 is 27.9 Å². The van der Waals surface area contributed by atoms with Crippen molar-refractivity contribution < 1.29 is 30.1 Å². The van der Waals surface area contributed by atoms with Crippen LogP contribution in [0.1, 0.15) is 6.42 Å². The Morgan fingerprint density at radius 2 is 1.77 bits per heavy atom. The Labute approximate surface area is 138 Å². The Kier molecular flexibility index (Phi) is 8.44. The number of nitrogens with zero attached hydrogens (tertiary/aromatic N) is 1. The lowest BCUT2D eigenvalue weighted by molar-refractivity contribution is -0.887. The fraction of sp³-hybridized carbons (Fsp3) is 0.500. The number of carbonyl (C=O) groups excluding carboxylic acids is 1. The number of rotatable bonds is 9. The zero-order chi connectivity index (χ0) is 15.9. The van der Waals surface area contributed by atoms with Crippen molar-refractivity contribution >= 4 is 21.9 Å². The van der Waals surface area contributed by atoms with Crippen molar-refractivity contribution in [1.82, 2.24) is 5.32 Å². The molecule has 8 heteroatoms. The molecule has 1 amide bonds. The third kappa shape index (κ3) is 7.11. The second-order valence-corrected chi connectivity index (χ2v) is 7.81. The van der Waals surface area contributed by atoms with Gasteiger partial charge in [-0.3, -0.25) is 4.79 Å². The Morgan fingerprint density at radius 3 is 2.32 bits per heavy atom. The minimum Gasteiger partial charge on any atom is -1.00 e. The second kappa shape index (κ2) is 8.97. The number of nitrogen functional groups attached to an aromatic ring is 1. The molecule has 0 bridgehead atoms. The Bertz CT molecular complexity index is 559. The SMILES string of the molecule is C[N+](C)(CCCNC=O)CCS(=O)(=O)c1ccc(N)cc1.[Cl-]. The van der Waals surface area contributed by atoms with Gasteiger partial charge in [-0.25, -0.2) is 8.42 Å². The van der Waals surface area contributed by atoms with Crippen molar-refractivity contribution in [3.05, 3.63) is 24.3 Å². The van der Waals surface area contributed by atoms with Gasteiger partial charge in [0.15, 0.2) is 9.84 Å². The first-order chi connectivity index (χ1) is 9.77. The number of sulfone groups is 1. The van der Waals surface area contributed by atoms with Crippen LogP contribution in [0.3, 0.4) is 0 Å². The number of benzene rings is 1. The van der Waals surface area contributed by atoms with Gasteiger partial charge in [-0.1, -0.05) is 0 Å². The molecule has 0 aliphatic carbocycles. The molecule has 126 valence electrons. The quantitative estimate of drug-likeness (QED) is 0.219. The van der Waals surface area contributed by atoms with Crippen LogP contribution in [0, 0.1) is 0 Å². The molecule has 6 nitrogen and oxygen atoms in total. The Hall–Kier alpha value is -1.31. The highest BCUT2D eigenvalue weighted by molar-refractivity contribution is 7.91. The van der Waals surface area contributed by atoms with Crippen molar-refractivity contribution in [2.75, 3.05) is 45.2 Å². The van der Waals surface area contributed by atoms with Gasteiger partial charge in [0.2, 0.25) is 6.41 Å². The maximum Gasteiger partial charge on any atom is 0.207 e. The van der Waals surface area contributed by atoms with Crippen LogP contribution >= 0.6 is 0 Å². The molecule has 0 fully saturated rings. The van der Waals surface area contributed by atoms with E-state index in [9.17, 15) is 13.2 Å². The summed E-state index contributed by atoms with van der Waals surface area (Å²) in [6, 6.07) is 6.27. The molecular formula is C14H24ClN3O3S. The van der Waals surface area contributed by atoms with E-state index in [1.54, 1.807) is 24.3 Å². The van der Waals surface area contributed by atoms with Crippen LogP contribution in [0.4, 0.5) is 5.69 Å². The first kappa shape index (κ1) is 20.7. The molecule has 3 N–H and O–H groups in total. The highest BCUT2D eigenvalue weighted by atomic mass is 35.5. The Balaban J connectivity index is 0.00000441. The minimum atomic E-state index is -3.29. The molecule has 0 aliphatic heterocycles. The van der Waals surface area contributed by atoms with Crippen LogP contribution in [0.25, 0.3) is 0 Å². The number of amides is 1. The van der Waals surface area contributed by atoms with Gasteiger partial charge in [-0.05, 0) is 24.3 Å². The molecule has 22 heavy (non-hydrogen) atoms. The van der Waals surface area contributed by atoms with Gasteiger partial charge in [-0.2, -0.15) is 0 Å². The summed E-state index contributed by atoms with van der Waals surface area (Å²) >= 11 is 0. The molecule has 0 heterocycles. The molecule has 0 saturated heterocycles. The van der Waals surface area contributed by atoms with Gasteiger partial charge in [0, 0.05) is 18.7 Å². The van der Waals surface area contributed by atoms with Crippen molar-refractivity contribution in [3.63, 3.8) is 0 Å². The number of halogens is 1. The number of nitrogens with two attached hydrogens (primary N) is 1. The monoisotopic (exact) mass is 349 g/mol. The molecule has 0 atom stereocenters. The van der Waals surface area contributed by atoms with E-state index in [0.717, 1.165) is 13.0 Å². The minimum absolute atomic E-state index is 0. The van der Waals surface area contributed by atoms with E-state index < -0.39 is 9.84 Å². The summed E-state index contributed by atoms with van der Waals surface area (Å²) in [7, 11) is 0.683. The highest BCUT2D eigenvalue weighted by Crippen LogP contribution is 2.14. The number of anilines is 1. The van der Waals surface area contributed by atoms with Crippen LogP contribution in [0.15, 0.2) is 29.2 Å². The molecule has 0 unspecified atom stereocenters. The zero-order valence-electron chi connectivity index (χ0n) is 13.0. The van der Waals surface area contributed by atoms with Crippen molar-refractivity contribution in [3.8, 4) is 0 Å². The van der Waals surface area contributed by atoms with Crippen molar-refractivity contribution in [1.29, 1.82) is 0 Å². The van der Waals surface area contributed by atoms with E-state index in [0.29, 0.717) is 34.6 Å². The lowest BCUT2D eigenvalue weighted by atomic mass is 10.3. The normalized spacial score (nSPS) is 11.5. The largest absolute Gasteiger partial charge is 1.00 e. The molecular weight excluding hydrogens is 326 g/mol. The zero-order valence-corrected chi connectivity index (χ0v) is 14.5. The maximum absolute atomic E-state index is 12.3. The van der Waals surface area contributed by atoms with Gasteiger partial charge in [0.05, 0.1) is 32.1 Å². The van der Waals surface area contributed by atoms with Crippen molar-refractivity contribution in [2.45, 2.75) is 11.3 Å². The molecule has 1 aromatic rings. The lowest BCUT2D eigenvalue weighted by Crippen LogP contribution is -3.00. The van der Waals surface area contributed by atoms with Crippen LogP contribution in [-0.4, -0.2) is 58.8 Å². The third-order valence-electron chi connectivity index (χ3n) is 3.37. The molecule has 1 rings (SSSR count). The first-order valence-corrected chi connectivity index (χ1v) is 8.49. The first-order valence-electron chi connectivity index (χ1n) is 6.84. The molecule has 1 aromatic carbocycles. The standard InChI is InChI=1S/C14H23N3O3S.ClH/c1-17(2,9-3-8-16-12-18)10-11-21(19,20)14-6-4-13(15)5-7-14;/h4-7,12H,3,8-11,15H2,1-2H3;1H. The fourth-order valence-corrected chi connectivity index (χ4v) is 3.46. The van der Waals surface area contributed by atoms with Crippen LogP contribution in [0.2, 0.25) is 0 Å². The van der Waals surface area contributed by atoms with Crippen LogP contribution in [0.5, 0.6) is 0 Å². The van der Waals surface area contributed by atoms with E-state index in [1.807, 2.05) is 14.1 Å². The van der Waals surface area contributed by atoms with Gasteiger partial charge in [0.25, 0.3) is 0 Å². The predicted molar refractivity (Wildman–Crippen MR) is 83.4 cm³/mol. The third-order valence-corrected chi connectivity index (χ3v) is 5.08. The summed E-state index contributed by atoms with van der Waals surface area (Å²) in [6.45, 7) is 1.93. The maximum atomic E-state index is 12.3. The van der Waals surface area contributed by atoms with E-state index >= 15 is 0 Å². The smallest absolute Gasteiger partial charge is 0.207 e. The topological polar surface area (TPSA) is 89.3 Å². The second-order valence-electron chi connectivity index (χ2n) is 5.70. The molecule has 0 radical (unpaired) electrons. The Morgan fingerprint density at radius 1 is 1.18 bits per heavy atom. The molecule has 0 saturated carbocycles. The summed E-state index contributed by atoms with van der Waals surface area (Å²) in [5, 5.41) is 2.60. The summed E-state index contributed by atoms with van der Waals surface area (Å²) in [6.07, 6.45) is 1.49. The number of quaternary nitrogens is 1. The highest BCUT2D eigenvalue weighted by Gasteiger charge is 2.21. The van der Waals surface area contributed by atoms with Gasteiger partial charge in [0.1, 0.15) is 5.75 Å². The van der Waals surface area contributed by atoms with E-state index in [-0.39, 0.29) is 18.2 Å². The number of nitrogens with one attached hydrogen (secondary N) is 1. The number of carbonyl (C=O) groups is 1. The number of hydrogen-bond acceptors (Lipinski definition) is 4. The predicted octanol–water partition coefficient (Wildman–Crippen LogP) is -2.74. The molecule has 0 aliphatic rings. The van der Waals surface area contributed by atoms with Crippen molar-refractivity contribution in [2.24, 2.45) is 0 Å². The van der Waals surface area contributed by atoms with Gasteiger partial charge >= 0.3 is 0 Å². The van der Waals surface area contributed by atoms with E-state index in [4.69, 9.17) is 5.73 Å². The summed E-state index contributed by atoms with van der Waals surface area (Å²) in [4.78, 5) is 10.5. The van der Waals surface area contributed by atoms with Gasteiger partial charge in [-0.15, -0.1) is 0 Å². The fourth-order valence-electron chi connectivity index (χ4n) is 1.94. The average molecular weight is 350 g/mol. The summed E-state index contributed by atoms with van der Waals surface area (Å²) < 4.78 is 25.1. The lowest BCUT2D eigenvalue weighted by Gasteiger charge is -2.29. The molecule has 0 spiro atoms. The summed E-state index contributed by atoms with van der Waals surface area (Å²) in [5.41, 5.74) is 6.11. The molecule has 0 aromatic heterocycles. The number of hydrogen-bond donors (Lipinski definition) is 2. The summed E-state index contributed by atoms with van der Waals surface area (Å²) in [5.74, 6) is 0.0883. The van der Waals surface area contributed by atoms with Crippen LogP contribution in [-0.2, 0) is 14.6 Å². The van der Waals surface area contributed by atoms with E-state index in [2.05, 4.69) is 5.32 Å². The average Bonchev–Trinajstić information content (AvgIpc) is 2.42. The van der Waals surface area contributed by atoms with Crippen LogP contribution < -0.4 is 23.5 Å². The van der Waals surface area contributed by atoms with E-state index in [1.165, 1.54) is 0 Å².